The van der Waals surface area contributed by atoms with E-state index in [0.29, 0.717) is 42.9 Å². The minimum Gasteiger partial charge on any atom is -0.429 e. The molecule has 5 aliphatic rings. The highest BCUT2D eigenvalue weighted by atomic mass is 16.5. The van der Waals surface area contributed by atoms with Crippen molar-refractivity contribution in [2.45, 2.75) is 106 Å². The predicted molar refractivity (Wildman–Crippen MR) is 193 cm³/mol. The summed E-state index contributed by atoms with van der Waals surface area (Å²) in [6, 6.07) is 8.03. The number of rotatable bonds is 10. The number of hydrogen-bond donors (Lipinski definition) is 2. The van der Waals surface area contributed by atoms with Crippen LogP contribution in [0, 0.1) is 50.7 Å². The Morgan fingerprint density at radius 3 is 2.33 bits per heavy atom. The van der Waals surface area contributed by atoms with E-state index in [4.69, 9.17) is 4.74 Å². The van der Waals surface area contributed by atoms with E-state index in [9.17, 15) is 14.7 Å². The molecular formula is C42H62N2O4. The lowest BCUT2D eigenvalue weighted by Crippen LogP contribution is -2.64. The number of aliphatic hydroxyl groups is 1. The van der Waals surface area contributed by atoms with Gasteiger partial charge in [0.05, 0.1) is 6.10 Å². The quantitative estimate of drug-likeness (QED) is 0.198. The summed E-state index contributed by atoms with van der Waals surface area (Å²) in [7, 11) is 4.15. The molecule has 1 aromatic carbocycles. The minimum atomic E-state index is -0.556. The fourth-order valence-electron chi connectivity index (χ4n) is 12.7. The Morgan fingerprint density at radius 1 is 0.979 bits per heavy atom. The largest absolute Gasteiger partial charge is 0.429 e. The molecule has 0 radical (unpaired) electrons. The van der Waals surface area contributed by atoms with Crippen molar-refractivity contribution in [3.8, 4) is 5.75 Å². The number of allylic oxidation sites excluding steroid dienone is 3. The third-order valence-electron chi connectivity index (χ3n) is 15.1. The number of Topliss-reactive ketones (excluding diaryl/α,β-unsaturated/α-hetero) is 1. The lowest BCUT2D eigenvalue weighted by atomic mass is 9.33. The molecule has 48 heavy (non-hydrogen) atoms. The molecule has 0 amide bonds. The van der Waals surface area contributed by atoms with Crippen LogP contribution in [0.1, 0.15) is 105 Å². The smallest absolute Gasteiger partial charge is 0.298 e. The average molecular weight is 659 g/mol. The molecule has 0 spiro atoms. The number of hydrogen-bond acceptors (Lipinski definition) is 6. The van der Waals surface area contributed by atoms with E-state index < -0.39 is 11.5 Å². The Morgan fingerprint density at radius 2 is 1.69 bits per heavy atom. The van der Waals surface area contributed by atoms with Gasteiger partial charge in [-0.1, -0.05) is 72.2 Å². The second-order valence-corrected chi connectivity index (χ2v) is 18.2. The zero-order chi connectivity index (χ0) is 34.9. The lowest BCUT2D eigenvalue weighted by molar-refractivity contribution is -0.200. The second kappa shape index (κ2) is 12.5. The predicted octanol–water partition coefficient (Wildman–Crippen LogP) is 7.71. The molecule has 0 bridgehead atoms. The maximum absolute atomic E-state index is 13.9. The summed E-state index contributed by atoms with van der Waals surface area (Å²) in [6.07, 6.45) is 10.2. The number of benzene rings is 1. The van der Waals surface area contributed by atoms with Crippen LogP contribution < -0.4 is 10.1 Å². The van der Waals surface area contributed by atoms with E-state index in [1.165, 1.54) is 36.0 Å². The molecular weight excluding hydrogens is 596 g/mol. The molecule has 6 heteroatoms. The standard InChI is InChI=1S/C42H62N2O4/c1-27(2)36-32(46)24-42(35(47)25-43-22-23-44(8)9)21-20-40(6)31(37(36)42)14-15-34-39(5)18-16-30(28-10-12-29(13-11-28)48-26-45)38(3,4)33(39)17-19-41(34,40)7/h10-13,16,26-27,31,33-35,43,47H,14-15,17-25H2,1-9H3/t31-,33+,34-,35?,39+,40-,41-,42+/m1/s1. The Hall–Kier alpha value is -2.28. The molecule has 0 aliphatic heterocycles. The van der Waals surface area contributed by atoms with Crippen molar-refractivity contribution >= 4 is 17.8 Å². The van der Waals surface area contributed by atoms with Gasteiger partial charge in [-0.3, -0.25) is 9.59 Å². The Bertz CT molecular complexity index is 1470. The van der Waals surface area contributed by atoms with Crippen LogP contribution >= 0.6 is 0 Å². The molecule has 6 rings (SSSR count). The highest BCUT2D eigenvalue weighted by molar-refractivity contribution is 6.00. The highest BCUT2D eigenvalue weighted by Gasteiger charge is 2.70. The van der Waals surface area contributed by atoms with Gasteiger partial charge in [0.15, 0.2) is 5.78 Å². The maximum atomic E-state index is 13.9. The van der Waals surface area contributed by atoms with E-state index in [2.05, 4.69) is 91.0 Å². The van der Waals surface area contributed by atoms with Gasteiger partial charge in [-0.2, -0.15) is 0 Å². The molecule has 3 fully saturated rings. The monoisotopic (exact) mass is 658 g/mol. The van der Waals surface area contributed by atoms with Crippen LogP contribution in [0.4, 0.5) is 0 Å². The van der Waals surface area contributed by atoms with Gasteiger partial charge in [-0.05, 0) is 133 Å². The van der Waals surface area contributed by atoms with Crippen molar-refractivity contribution in [3.05, 3.63) is 47.1 Å². The third-order valence-corrected chi connectivity index (χ3v) is 15.1. The summed E-state index contributed by atoms with van der Waals surface area (Å²) >= 11 is 0. The van der Waals surface area contributed by atoms with Crippen molar-refractivity contribution in [2.75, 3.05) is 33.7 Å². The third kappa shape index (κ3) is 5.21. The molecule has 0 aromatic heterocycles. The number of ketones is 1. The number of ether oxygens (including phenoxy) is 1. The average Bonchev–Trinajstić information content (AvgIpc) is 3.33. The fourth-order valence-corrected chi connectivity index (χ4v) is 12.7. The van der Waals surface area contributed by atoms with Crippen LogP contribution in [-0.4, -0.2) is 62.1 Å². The molecule has 6 nitrogen and oxygen atoms in total. The summed E-state index contributed by atoms with van der Waals surface area (Å²) in [5.41, 5.74) is 5.03. The summed E-state index contributed by atoms with van der Waals surface area (Å²) < 4.78 is 5.09. The van der Waals surface area contributed by atoms with Crippen molar-refractivity contribution in [1.82, 2.24) is 10.2 Å². The van der Waals surface area contributed by atoms with Crippen LogP contribution in [0.5, 0.6) is 5.75 Å². The highest BCUT2D eigenvalue weighted by Crippen LogP contribution is 2.77. The van der Waals surface area contributed by atoms with E-state index in [1.54, 1.807) is 0 Å². The zero-order valence-corrected chi connectivity index (χ0v) is 31.2. The second-order valence-electron chi connectivity index (χ2n) is 18.2. The Labute approximate surface area is 290 Å². The first-order valence-corrected chi connectivity index (χ1v) is 18.8. The minimum absolute atomic E-state index is 0.00966. The molecule has 1 aromatic rings. The summed E-state index contributed by atoms with van der Waals surface area (Å²) in [5, 5.41) is 15.5. The topological polar surface area (TPSA) is 78.9 Å². The molecule has 8 atom stereocenters. The number of nitrogens with one attached hydrogen (secondary N) is 1. The summed E-state index contributed by atoms with van der Waals surface area (Å²) in [5.74, 6) is 2.53. The van der Waals surface area contributed by atoms with Gasteiger partial charge in [0.25, 0.3) is 6.47 Å². The zero-order valence-electron chi connectivity index (χ0n) is 31.2. The van der Waals surface area contributed by atoms with Gasteiger partial charge < -0.3 is 20.1 Å². The van der Waals surface area contributed by atoms with Gasteiger partial charge in [-0.25, -0.2) is 0 Å². The number of aliphatic hydroxyl groups excluding tert-OH is 1. The van der Waals surface area contributed by atoms with E-state index in [0.717, 1.165) is 44.3 Å². The van der Waals surface area contributed by atoms with Crippen LogP contribution in [0.3, 0.4) is 0 Å². The lowest BCUT2D eigenvalue weighted by Gasteiger charge is -2.71. The molecule has 264 valence electrons. The van der Waals surface area contributed by atoms with Gasteiger partial charge in [0, 0.05) is 31.5 Å². The van der Waals surface area contributed by atoms with Crippen LogP contribution in [0.25, 0.3) is 5.57 Å². The number of fused-ring (bicyclic) bond motifs is 7. The van der Waals surface area contributed by atoms with Crippen LogP contribution in [-0.2, 0) is 9.59 Å². The first-order chi connectivity index (χ1) is 22.6. The first-order valence-electron chi connectivity index (χ1n) is 18.8. The van der Waals surface area contributed by atoms with Gasteiger partial charge in [-0.15, -0.1) is 0 Å². The summed E-state index contributed by atoms with van der Waals surface area (Å²) in [6.45, 7) is 19.9. The summed E-state index contributed by atoms with van der Waals surface area (Å²) in [4.78, 5) is 27.0. The first kappa shape index (κ1) is 35.5. The molecule has 0 saturated heterocycles. The maximum Gasteiger partial charge on any atom is 0.298 e. The number of carbonyl (C=O) groups is 2. The number of carbonyl (C=O) groups excluding carboxylic acids is 2. The van der Waals surface area contributed by atoms with Gasteiger partial charge >= 0.3 is 0 Å². The van der Waals surface area contributed by atoms with E-state index >= 15 is 0 Å². The Kier molecular flexibility index (Phi) is 9.25. The number of nitrogens with zero attached hydrogens (tertiary/aromatic N) is 1. The van der Waals surface area contributed by atoms with E-state index in [1.807, 2.05) is 12.1 Å². The Balaban J connectivity index is 1.34. The number of likely N-dealkylation sites (N-methyl/N-ethyl adjacent to an activating group) is 1. The van der Waals surface area contributed by atoms with Crippen molar-refractivity contribution in [1.29, 1.82) is 0 Å². The van der Waals surface area contributed by atoms with Crippen molar-refractivity contribution in [2.24, 2.45) is 50.7 Å². The molecule has 1 unspecified atom stereocenters. The molecule has 0 heterocycles. The SMILES string of the molecule is CC(C)C1=C2[C@H]3CC[C@@H]4[C@@]5(C)CC=C(c6ccc(OC=O)cc6)C(C)(C)[C@@H]5CC[C@@]4(C)[C@]3(C)CC[C@@]2(C(O)CNCCN(C)C)CC1=O. The van der Waals surface area contributed by atoms with Gasteiger partial charge in [0.1, 0.15) is 5.75 Å². The molecule has 5 aliphatic carbocycles. The normalized spacial score (nSPS) is 37.8. The van der Waals surface area contributed by atoms with Gasteiger partial charge in [0.2, 0.25) is 0 Å². The van der Waals surface area contributed by atoms with Crippen molar-refractivity contribution < 1.29 is 19.4 Å². The molecule has 3 saturated carbocycles. The fraction of sp³-hybridized carbons (Fsp3) is 0.714. The van der Waals surface area contributed by atoms with E-state index in [-0.39, 0.29) is 33.4 Å². The van der Waals surface area contributed by atoms with Crippen LogP contribution in [0.15, 0.2) is 41.5 Å². The molecule has 2 N–H and O–H groups in total. The van der Waals surface area contributed by atoms with Crippen molar-refractivity contribution in [3.63, 3.8) is 0 Å². The van der Waals surface area contributed by atoms with Crippen LogP contribution in [0.2, 0.25) is 0 Å².